The second-order valence-corrected chi connectivity index (χ2v) is 3.68. The number of carbonyl (C=O) groups excluding carboxylic acids is 1. The maximum absolute atomic E-state index is 13.4. The van der Waals surface area contributed by atoms with E-state index in [0.717, 1.165) is 12.1 Å². The maximum atomic E-state index is 13.4. The Bertz CT molecular complexity index is 417. The monoisotopic (exact) mass is 259 g/mol. The van der Waals surface area contributed by atoms with E-state index < -0.39 is 23.2 Å². The third-order valence-electron chi connectivity index (χ3n) is 2.41. The fourth-order valence-electron chi connectivity index (χ4n) is 1.38. The standard InChI is InChI=1S/C11H15F2N3O2/c1-16(3-4-18-2)11(17)7-5-8(12)10(15-14)9(13)6-7/h5-6,15H,3-4,14H2,1-2H3. The number of hydrogen-bond donors (Lipinski definition) is 2. The number of amides is 1. The Labute approximate surface area is 103 Å². The SMILES string of the molecule is COCCN(C)C(=O)c1cc(F)c(NN)c(F)c1. The molecule has 0 aliphatic carbocycles. The number of hydrogen-bond acceptors (Lipinski definition) is 4. The molecule has 100 valence electrons. The van der Waals surface area contributed by atoms with Gasteiger partial charge in [0.2, 0.25) is 0 Å². The zero-order chi connectivity index (χ0) is 13.7. The summed E-state index contributed by atoms with van der Waals surface area (Å²) >= 11 is 0. The van der Waals surface area contributed by atoms with E-state index in [1.54, 1.807) is 0 Å². The van der Waals surface area contributed by atoms with Crippen LogP contribution in [0.1, 0.15) is 10.4 Å². The minimum atomic E-state index is -0.916. The highest BCUT2D eigenvalue weighted by Crippen LogP contribution is 2.20. The van der Waals surface area contributed by atoms with Crippen LogP contribution in [0.4, 0.5) is 14.5 Å². The summed E-state index contributed by atoms with van der Waals surface area (Å²) in [6, 6.07) is 1.87. The van der Waals surface area contributed by atoms with Gasteiger partial charge in [-0.05, 0) is 12.1 Å². The van der Waals surface area contributed by atoms with E-state index in [1.807, 2.05) is 5.43 Å². The van der Waals surface area contributed by atoms with Gasteiger partial charge < -0.3 is 15.1 Å². The molecule has 0 radical (unpaired) electrons. The highest BCUT2D eigenvalue weighted by atomic mass is 19.1. The smallest absolute Gasteiger partial charge is 0.253 e. The average Bonchev–Trinajstić information content (AvgIpc) is 2.34. The van der Waals surface area contributed by atoms with Gasteiger partial charge >= 0.3 is 0 Å². The van der Waals surface area contributed by atoms with Crippen molar-refractivity contribution < 1.29 is 18.3 Å². The quantitative estimate of drug-likeness (QED) is 0.610. The summed E-state index contributed by atoms with van der Waals surface area (Å²) in [7, 11) is 3.02. The fraction of sp³-hybridized carbons (Fsp3) is 0.364. The molecule has 0 aliphatic rings. The van der Waals surface area contributed by atoms with Gasteiger partial charge in [0.1, 0.15) is 5.69 Å². The molecule has 0 unspecified atom stereocenters. The Balaban J connectivity index is 2.93. The number of nitrogens with zero attached hydrogens (tertiary/aromatic N) is 1. The molecule has 3 N–H and O–H groups in total. The zero-order valence-electron chi connectivity index (χ0n) is 10.2. The number of ether oxygens (including phenoxy) is 1. The summed E-state index contributed by atoms with van der Waals surface area (Å²) in [5, 5.41) is 0. The lowest BCUT2D eigenvalue weighted by Crippen LogP contribution is -2.30. The molecular formula is C11H15F2N3O2. The summed E-state index contributed by atoms with van der Waals surface area (Å²) in [6.07, 6.45) is 0. The van der Waals surface area contributed by atoms with Crippen molar-refractivity contribution in [2.45, 2.75) is 0 Å². The lowest BCUT2D eigenvalue weighted by atomic mass is 10.1. The first kappa shape index (κ1) is 14.3. The minimum absolute atomic E-state index is 0.0809. The highest BCUT2D eigenvalue weighted by Gasteiger charge is 2.17. The van der Waals surface area contributed by atoms with Gasteiger partial charge in [-0.3, -0.25) is 10.6 Å². The van der Waals surface area contributed by atoms with Crippen molar-refractivity contribution in [1.82, 2.24) is 4.90 Å². The van der Waals surface area contributed by atoms with Crippen molar-refractivity contribution in [3.8, 4) is 0 Å². The topological polar surface area (TPSA) is 67.6 Å². The Kier molecular flexibility index (Phi) is 4.99. The molecule has 0 bridgehead atoms. The van der Waals surface area contributed by atoms with Crippen molar-refractivity contribution >= 4 is 11.6 Å². The molecule has 0 saturated heterocycles. The molecular weight excluding hydrogens is 244 g/mol. The van der Waals surface area contributed by atoms with E-state index in [0.29, 0.717) is 13.2 Å². The van der Waals surface area contributed by atoms with E-state index in [1.165, 1.54) is 19.1 Å². The van der Waals surface area contributed by atoms with Crippen molar-refractivity contribution in [3.63, 3.8) is 0 Å². The number of carbonyl (C=O) groups is 1. The van der Waals surface area contributed by atoms with Gasteiger partial charge in [-0.2, -0.15) is 0 Å². The molecule has 0 aliphatic heterocycles. The Morgan fingerprint density at radius 2 is 2.00 bits per heavy atom. The molecule has 1 rings (SSSR count). The van der Waals surface area contributed by atoms with Gasteiger partial charge in [0, 0.05) is 26.3 Å². The van der Waals surface area contributed by atoms with Crippen molar-refractivity contribution in [2.75, 3.05) is 32.7 Å². The molecule has 1 amide bonds. The van der Waals surface area contributed by atoms with E-state index >= 15 is 0 Å². The number of hydrazine groups is 1. The van der Waals surface area contributed by atoms with Crippen LogP contribution in [0, 0.1) is 11.6 Å². The van der Waals surface area contributed by atoms with E-state index in [2.05, 4.69) is 0 Å². The summed E-state index contributed by atoms with van der Waals surface area (Å²) in [4.78, 5) is 13.2. The summed E-state index contributed by atoms with van der Waals surface area (Å²) < 4.78 is 31.6. The van der Waals surface area contributed by atoms with Crippen LogP contribution in [0.25, 0.3) is 0 Å². The number of halogens is 2. The van der Waals surface area contributed by atoms with Crippen LogP contribution in [0.3, 0.4) is 0 Å². The molecule has 0 aromatic heterocycles. The molecule has 0 saturated carbocycles. The average molecular weight is 259 g/mol. The number of likely N-dealkylation sites (N-methyl/N-ethyl adjacent to an activating group) is 1. The van der Waals surface area contributed by atoms with Gasteiger partial charge in [0.05, 0.1) is 6.61 Å². The van der Waals surface area contributed by atoms with Crippen LogP contribution in [-0.4, -0.2) is 38.1 Å². The van der Waals surface area contributed by atoms with Gasteiger partial charge in [-0.1, -0.05) is 0 Å². The molecule has 0 fully saturated rings. The van der Waals surface area contributed by atoms with Crippen LogP contribution in [-0.2, 0) is 4.74 Å². The predicted molar refractivity (Wildman–Crippen MR) is 63.0 cm³/mol. The normalized spacial score (nSPS) is 10.3. The number of nitrogen functional groups attached to an aromatic ring is 1. The summed E-state index contributed by atoms with van der Waals surface area (Å²) in [5.74, 6) is 2.64. The maximum Gasteiger partial charge on any atom is 0.253 e. The third-order valence-corrected chi connectivity index (χ3v) is 2.41. The predicted octanol–water partition coefficient (Wildman–Crippen LogP) is 0.969. The molecule has 1 aromatic carbocycles. The number of nitrogens with one attached hydrogen (secondary N) is 1. The zero-order valence-corrected chi connectivity index (χ0v) is 10.2. The van der Waals surface area contributed by atoms with Crippen LogP contribution in [0.15, 0.2) is 12.1 Å². The van der Waals surface area contributed by atoms with Crippen LogP contribution in [0.2, 0.25) is 0 Å². The highest BCUT2D eigenvalue weighted by molar-refractivity contribution is 5.94. The van der Waals surface area contributed by atoms with Gasteiger partial charge in [0.25, 0.3) is 5.91 Å². The lowest BCUT2D eigenvalue weighted by Gasteiger charge is -2.17. The first-order valence-corrected chi connectivity index (χ1v) is 5.21. The molecule has 0 spiro atoms. The van der Waals surface area contributed by atoms with Crippen molar-refractivity contribution in [3.05, 3.63) is 29.3 Å². The van der Waals surface area contributed by atoms with Crippen LogP contribution < -0.4 is 11.3 Å². The van der Waals surface area contributed by atoms with Crippen molar-refractivity contribution in [1.29, 1.82) is 0 Å². The minimum Gasteiger partial charge on any atom is -0.383 e. The summed E-state index contributed by atoms with van der Waals surface area (Å²) in [6.45, 7) is 0.672. The first-order valence-electron chi connectivity index (χ1n) is 5.21. The largest absolute Gasteiger partial charge is 0.383 e. The Hall–Kier alpha value is -1.73. The van der Waals surface area contributed by atoms with Gasteiger partial charge in [0.15, 0.2) is 11.6 Å². The second kappa shape index (κ2) is 6.27. The number of benzene rings is 1. The van der Waals surface area contributed by atoms with E-state index in [-0.39, 0.29) is 5.56 Å². The van der Waals surface area contributed by atoms with E-state index in [4.69, 9.17) is 10.6 Å². The number of rotatable bonds is 5. The number of nitrogens with two attached hydrogens (primary N) is 1. The van der Waals surface area contributed by atoms with Gasteiger partial charge in [-0.25, -0.2) is 8.78 Å². The second-order valence-electron chi connectivity index (χ2n) is 3.68. The molecule has 0 atom stereocenters. The van der Waals surface area contributed by atoms with E-state index in [9.17, 15) is 13.6 Å². The number of anilines is 1. The van der Waals surface area contributed by atoms with Gasteiger partial charge in [-0.15, -0.1) is 0 Å². The first-order chi connectivity index (χ1) is 8.51. The van der Waals surface area contributed by atoms with Crippen LogP contribution in [0.5, 0.6) is 0 Å². The lowest BCUT2D eigenvalue weighted by molar-refractivity contribution is 0.0743. The molecule has 18 heavy (non-hydrogen) atoms. The Morgan fingerprint density at radius 1 is 1.44 bits per heavy atom. The van der Waals surface area contributed by atoms with Crippen molar-refractivity contribution in [2.24, 2.45) is 5.84 Å². The third kappa shape index (κ3) is 3.14. The molecule has 5 nitrogen and oxygen atoms in total. The Morgan fingerprint density at radius 3 is 2.44 bits per heavy atom. The summed E-state index contributed by atoms with van der Waals surface area (Å²) in [5.41, 5.74) is 1.35. The molecule has 1 aromatic rings. The molecule has 0 heterocycles. The number of methoxy groups -OCH3 is 1. The fourth-order valence-corrected chi connectivity index (χ4v) is 1.38. The van der Waals surface area contributed by atoms with Crippen LogP contribution >= 0.6 is 0 Å². The molecule has 7 heteroatoms.